The molecule has 10 nitrogen and oxygen atoms in total. The first-order valence-corrected chi connectivity index (χ1v) is 14.9. The van der Waals surface area contributed by atoms with Crippen molar-refractivity contribution in [3.05, 3.63) is 47.5 Å². The monoisotopic (exact) mass is 579 g/mol. The summed E-state index contributed by atoms with van der Waals surface area (Å²) in [4.78, 5) is 55.0. The summed E-state index contributed by atoms with van der Waals surface area (Å²) in [5.74, 6) is -1.85. The van der Waals surface area contributed by atoms with Crippen LogP contribution in [0.5, 0.6) is 0 Å². The number of amides is 3. The zero-order chi connectivity index (χ0) is 30.6. The number of esters is 1. The number of aromatic nitrogens is 1. The van der Waals surface area contributed by atoms with Crippen molar-refractivity contribution in [3.8, 4) is 0 Å². The van der Waals surface area contributed by atoms with Crippen LogP contribution in [0.25, 0.3) is 21.8 Å². The number of carbonyl (C=O) groups is 4. The number of H-pyrrole nitrogens is 1. The number of fused-ring (bicyclic) bond motifs is 3. The van der Waals surface area contributed by atoms with E-state index < -0.39 is 35.9 Å². The van der Waals surface area contributed by atoms with Crippen molar-refractivity contribution in [1.82, 2.24) is 20.9 Å². The van der Waals surface area contributed by atoms with Crippen molar-refractivity contribution in [2.75, 3.05) is 13.7 Å². The van der Waals surface area contributed by atoms with Crippen LogP contribution in [0, 0.1) is 0 Å². The maximum absolute atomic E-state index is 13.7. The van der Waals surface area contributed by atoms with E-state index in [1.54, 1.807) is 0 Å². The van der Waals surface area contributed by atoms with Crippen molar-refractivity contribution in [2.45, 2.75) is 90.3 Å². The molecule has 0 saturated carbocycles. The number of para-hydroxylation sites is 1. The Morgan fingerprint density at radius 2 is 1.60 bits per heavy atom. The molecule has 3 amide bonds. The number of aromatic amines is 1. The summed E-state index contributed by atoms with van der Waals surface area (Å²) in [6.07, 6.45) is 4.75. The lowest BCUT2D eigenvalue weighted by atomic mass is 9.96. The van der Waals surface area contributed by atoms with Gasteiger partial charge in [-0.15, -0.1) is 0 Å². The van der Waals surface area contributed by atoms with Crippen LogP contribution >= 0.6 is 0 Å². The van der Waals surface area contributed by atoms with Gasteiger partial charge >= 0.3 is 5.97 Å². The summed E-state index contributed by atoms with van der Waals surface area (Å²) < 4.78 is 4.85. The van der Waals surface area contributed by atoms with E-state index in [-0.39, 0.29) is 12.3 Å². The molecule has 0 bridgehead atoms. The van der Waals surface area contributed by atoms with Crippen molar-refractivity contribution in [1.29, 1.82) is 0 Å². The van der Waals surface area contributed by atoms with Crippen LogP contribution in [0.15, 0.2) is 36.4 Å². The molecule has 42 heavy (non-hydrogen) atoms. The van der Waals surface area contributed by atoms with Crippen molar-refractivity contribution >= 4 is 45.5 Å². The summed E-state index contributed by atoms with van der Waals surface area (Å²) >= 11 is 0. The molecular weight excluding hydrogens is 534 g/mol. The van der Waals surface area contributed by atoms with Gasteiger partial charge in [0.25, 0.3) is 0 Å². The molecule has 2 aromatic carbocycles. The minimum absolute atomic E-state index is 0.226. The van der Waals surface area contributed by atoms with E-state index in [1.807, 2.05) is 25.1 Å². The van der Waals surface area contributed by atoms with Crippen LogP contribution < -0.4 is 21.7 Å². The largest absolute Gasteiger partial charge is 0.467 e. The molecule has 1 heterocycles. The average molecular weight is 580 g/mol. The lowest BCUT2D eigenvalue weighted by Gasteiger charge is -2.25. The molecule has 3 unspecified atom stereocenters. The van der Waals surface area contributed by atoms with E-state index in [0.717, 1.165) is 45.8 Å². The zero-order valence-corrected chi connectivity index (χ0v) is 25.2. The number of ether oxygens (including phenoxy) is 1. The maximum Gasteiger partial charge on any atom is 0.328 e. The lowest BCUT2D eigenvalue weighted by Crippen LogP contribution is -2.56. The van der Waals surface area contributed by atoms with Gasteiger partial charge in [-0.25, -0.2) is 4.79 Å². The summed E-state index contributed by atoms with van der Waals surface area (Å²) in [6.45, 7) is 5.84. The highest BCUT2D eigenvalue weighted by Crippen LogP contribution is 2.30. The first-order valence-electron chi connectivity index (χ1n) is 14.9. The second-order valence-corrected chi connectivity index (χ2v) is 10.8. The Balaban J connectivity index is 1.92. The Hall–Kier alpha value is -3.92. The summed E-state index contributed by atoms with van der Waals surface area (Å²) in [7, 11) is 1.27. The number of hydrogen-bond donors (Lipinski definition) is 5. The number of methoxy groups -OCH3 is 1. The number of nitrogens with one attached hydrogen (secondary N) is 4. The molecule has 0 aliphatic carbocycles. The molecule has 0 saturated heterocycles. The topological polar surface area (TPSA) is 155 Å². The highest BCUT2D eigenvalue weighted by molar-refractivity contribution is 6.08. The molecule has 3 aromatic rings. The zero-order valence-electron chi connectivity index (χ0n) is 25.2. The number of hydrogen-bond acceptors (Lipinski definition) is 6. The molecule has 228 valence electrons. The van der Waals surface area contributed by atoms with Gasteiger partial charge in [0, 0.05) is 35.2 Å². The number of rotatable bonds is 16. The number of aryl methyl sites for hydroxylation is 1. The predicted octanol–water partition coefficient (Wildman–Crippen LogP) is 3.39. The van der Waals surface area contributed by atoms with Crippen molar-refractivity contribution in [2.24, 2.45) is 5.73 Å². The number of nitrogens with two attached hydrogens (primary N) is 1. The second kappa shape index (κ2) is 15.9. The van der Waals surface area contributed by atoms with Gasteiger partial charge in [0.2, 0.25) is 17.7 Å². The fourth-order valence-electron chi connectivity index (χ4n) is 5.34. The summed E-state index contributed by atoms with van der Waals surface area (Å²) in [5, 5.41) is 10.5. The molecule has 0 aliphatic heterocycles. The first-order chi connectivity index (χ1) is 20.2. The van der Waals surface area contributed by atoms with Crippen LogP contribution in [0.3, 0.4) is 0 Å². The fraction of sp³-hybridized carbons (Fsp3) is 0.500. The Morgan fingerprint density at radius 3 is 2.26 bits per heavy atom. The summed E-state index contributed by atoms with van der Waals surface area (Å²) in [6, 6.07) is 9.66. The Kier molecular flexibility index (Phi) is 12.3. The second-order valence-electron chi connectivity index (χ2n) is 10.8. The molecule has 0 radical (unpaired) electrons. The molecule has 6 N–H and O–H groups in total. The van der Waals surface area contributed by atoms with Gasteiger partial charge in [0.1, 0.15) is 18.1 Å². The third-order valence-electron chi connectivity index (χ3n) is 7.37. The lowest BCUT2D eigenvalue weighted by molar-refractivity contribution is -0.145. The highest BCUT2D eigenvalue weighted by atomic mass is 16.5. The predicted molar refractivity (Wildman–Crippen MR) is 165 cm³/mol. The molecule has 0 fully saturated rings. The average Bonchev–Trinajstić information content (AvgIpc) is 3.34. The van der Waals surface area contributed by atoms with E-state index in [2.05, 4.69) is 46.1 Å². The van der Waals surface area contributed by atoms with E-state index >= 15 is 0 Å². The fourth-order valence-corrected chi connectivity index (χ4v) is 5.34. The van der Waals surface area contributed by atoms with Gasteiger partial charge < -0.3 is 31.4 Å². The van der Waals surface area contributed by atoms with Crippen LogP contribution in [-0.2, 0) is 36.8 Å². The normalized spacial score (nSPS) is 13.4. The Morgan fingerprint density at radius 1 is 0.881 bits per heavy atom. The molecule has 1 aromatic heterocycles. The van der Waals surface area contributed by atoms with Gasteiger partial charge in [0.05, 0.1) is 7.11 Å². The van der Waals surface area contributed by atoms with Crippen LogP contribution in [0.2, 0.25) is 0 Å². The minimum Gasteiger partial charge on any atom is -0.467 e. The number of unbranched alkanes of at least 4 members (excludes halogenated alkanes) is 1. The van der Waals surface area contributed by atoms with Gasteiger partial charge in [0.15, 0.2) is 0 Å². The number of benzene rings is 2. The van der Waals surface area contributed by atoms with Crippen molar-refractivity contribution < 1.29 is 23.9 Å². The van der Waals surface area contributed by atoms with Gasteiger partial charge in [-0.1, -0.05) is 51.0 Å². The standard InChI is InChI=1S/C32H45N5O5/c1-5-11-21-17-22(29-24(18-21)23-13-7-8-14-25(23)35-29)19-28(34-20(3)38)31(40)36-26(15-9-10-16-33)30(39)37-27(12-6-2)32(41)42-4/h7-8,13-14,17-18,26-28,35H,5-6,9-12,15-16,19,33H2,1-4H3,(H,34,38)(H,36,40)(H,37,39). The number of carbonyl (C=O) groups excluding carboxylic acids is 4. The van der Waals surface area contributed by atoms with E-state index in [9.17, 15) is 19.2 Å². The third kappa shape index (κ3) is 8.55. The van der Waals surface area contributed by atoms with Crippen LogP contribution in [-0.4, -0.2) is 60.5 Å². The Bertz CT molecular complexity index is 1380. The van der Waals surface area contributed by atoms with Crippen LogP contribution in [0.1, 0.15) is 70.4 Å². The van der Waals surface area contributed by atoms with Crippen molar-refractivity contribution in [3.63, 3.8) is 0 Å². The van der Waals surface area contributed by atoms with Crippen LogP contribution in [0.4, 0.5) is 0 Å². The smallest absolute Gasteiger partial charge is 0.328 e. The van der Waals surface area contributed by atoms with Gasteiger partial charge in [-0.05, 0) is 61.9 Å². The first kappa shape index (κ1) is 32.6. The van der Waals surface area contributed by atoms with E-state index in [0.29, 0.717) is 38.6 Å². The van der Waals surface area contributed by atoms with Gasteiger partial charge in [-0.2, -0.15) is 0 Å². The molecule has 10 heteroatoms. The molecule has 0 spiro atoms. The molecule has 3 atom stereocenters. The van der Waals surface area contributed by atoms with E-state index in [1.165, 1.54) is 14.0 Å². The quantitative estimate of drug-likeness (QED) is 0.129. The van der Waals surface area contributed by atoms with E-state index in [4.69, 9.17) is 10.5 Å². The third-order valence-corrected chi connectivity index (χ3v) is 7.37. The molecule has 0 aliphatic rings. The SMILES string of the molecule is CCCc1cc(CC(NC(C)=O)C(=O)NC(CCCCN)C(=O)NC(CCC)C(=O)OC)c2[nH]c3ccccc3c2c1. The molecular formula is C32H45N5O5. The highest BCUT2D eigenvalue weighted by Gasteiger charge is 2.30. The van der Waals surface area contributed by atoms with Gasteiger partial charge in [-0.3, -0.25) is 14.4 Å². The maximum atomic E-state index is 13.7. The molecule has 3 rings (SSSR count). The summed E-state index contributed by atoms with van der Waals surface area (Å²) in [5.41, 5.74) is 9.62. The Labute approximate surface area is 247 Å². The minimum atomic E-state index is -0.925.